The molecule has 0 atom stereocenters. The molecule has 2 nitrogen and oxygen atoms in total. The minimum Gasteiger partial charge on any atom is -0.494 e. The van der Waals surface area contributed by atoms with Gasteiger partial charge in [0.25, 0.3) is 0 Å². The minimum absolute atomic E-state index is 0.0938. The number of benzene rings is 3. The third-order valence-electron chi connectivity index (χ3n) is 7.46. The molecule has 1 aliphatic rings. The standard InChI is InChI=1S/C34H36F4O2/c1-3-5-21-39-27-16-13-25(14-17-27)29-19-18-28(32(36)33(29)37)24-10-7-23(8-11-24)9-12-26-15-20-30(34(38)31(26)35)40-22-6-4-2/h4,9,12-20,23-24H,2-3,5-8,10-11,21-22H2,1H3/b12-9+. The second-order valence-corrected chi connectivity index (χ2v) is 10.2. The van der Waals surface area contributed by atoms with Gasteiger partial charge in [0, 0.05) is 11.1 Å². The van der Waals surface area contributed by atoms with Gasteiger partial charge >= 0.3 is 0 Å². The van der Waals surface area contributed by atoms with Gasteiger partial charge in [-0.1, -0.05) is 55.8 Å². The summed E-state index contributed by atoms with van der Waals surface area (Å²) in [6.07, 6.45) is 10.5. The molecule has 0 amide bonds. The fourth-order valence-electron chi connectivity index (χ4n) is 5.07. The van der Waals surface area contributed by atoms with Crippen molar-refractivity contribution in [2.75, 3.05) is 13.2 Å². The Morgan fingerprint density at radius 3 is 2.25 bits per heavy atom. The molecule has 1 saturated carbocycles. The molecule has 1 fully saturated rings. The first-order valence-electron chi connectivity index (χ1n) is 14.0. The van der Waals surface area contributed by atoms with Crippen molar-refractivity contribution in [2.45, 2.75) is 57.8 Å². The third kappa shape index (κ3) is 7.15. The van der Waals surface area contributed by atoms with Crippen LogP contribution < -0.4 is 9.47 Å². The van der Waals surface area contributed by atoms with E-state index < -0.39 is 23.3 Å². The van der Waals surface area contributed by atoms with E-state index >= 15 is 8.78 Å². The van der Waals surface area contributed by atoms with Gasteiger partial charge in [0.1, 0.15) is 5.75 Å². The van der Waals surface area contributed by atoms with Gasteiger partial charge in [0.15, 0.2) is 23.2 Å². The smallest absolute Gasteiger partial charge is 0.201 e. The lowest BCUT2D eigenvalue weighted by atomic mass is 9.78. The molecular formula is C34H36F4O2. The maximum atomic E-state index is 15.2. The largest absolute Gasteiger partial charge is 0.494 e. The van der Waals surface area contributed by atoms with Gasteiger partial charge in [-0.3, -0.25) is 0 Å². The quantitative estimate of drug-likeness (QED) is 0.126. The zero-order valence-corrected chi connectivity index (χ0v) is 22.9. The van der Waals surface area contributed by atoms with Crippen molar-refractivity contribution in [3.8, 4) is 22.6 Å². The highest BCUT2D eigenvalue weighted by molar-refractivity contribution is 5.65. The summed E-state index contributed by atoms with van der Waals surface area (Å²) in [5.41, 5.74) is 1.37. The molecule has 0 aliphatic heterocycles. The highest BCUT2D eigenvalue weighted by atomic mass is 19.2. The number of rotatable bonds is 12. The summed E-state index contributed by atoms with van der Waals surface area (Å²) in [6.45, 7) is 6.52. The summed E-state index contributed by atoms with van der Waals surface area (Å²) in [7, 11) is 0. The lowest BCUT2D eigenvalue weighted by molar-refractivity contribution is 0.301. The van der Waals surface area contributed by atoms with Crippen molar-refractivity contribution in [2.24, 2.45) is 5.92 Å². The number of allylic oxidation sites excluding steroid dienone is 1. The summed E-state index contributed by atoms with van der Waals surface area (Å²) in [5.74, 6) is -2.95. The average Bonchev–Trinajstić information content (AvgIpc) is 2.97. The van der Waals surface area contributed by atoms with Gasteiger partial charge < -0.3 is 9.47 Å². The Hall–Kier alpha value is -3.54. The molecule has 0 spiro atoms. The van der Waals surface area contributed by atoms with Gasteiger partial charge in [-0.05, 0) is 85.8 Å². The van der Waals surface area contributed by atoms with Crippen LogP contribution in [0.2, 0.25) is 0 Å². The SMILES string of the molecule is C=CCCOc1ccc(/C=C/C2CCC(c3ccc(-c4ccc(OCCCC)cc4)c(F)c3F)CC2)c(F)c1F. The van der Waals surface area contributed by atoms with Crippen LogP contribution in [0.5, 0.6) is 11.5 Å². The zero-order valence-electron chi connectivity index (χ0n) is 22.9. The maximum absolute atomic E-state index is 15.2. The van der Waals surface area contributed by atoms with Gasteiger partial charge in [-0.2, -0.15) is 4.39 Å². The summed E-state index contributed by atoms with van der Waals surface area (Å²) >= 11 is 0. The molecule has 0 N–H and O–H groups in total. The van der Waals surface area contributed by atoms with Crippen LogP contribution in [0, 0.1) is 29.2 Å². The topological polar surface area (TPSA) is 18.5 Å². The molecule has 0 aromatic heterocycles. The Morgan fingerprint density at radius 1 is 0.800 bits per heavy atom. The van der Waals surface area contributed by atoms with Crippen LogP contribution in [0.4, 0.5) is 17.6 Å². The molecule has 3 aromatic carbocycles. The van der Waals surface area contributed by atoms with Crippen molar-refractivity contribution < 1.29 is 27.0 Å². The number of ether oxygens (including phenoxy) is 2. The van der Waals surface area contributed by atoms with Crippen molar-refractivity contribution in [1.82, 2.24) is 0 Å². The lowest BCUT2D eigenvalue weighted by Crippen LogP contribution is -2.13. The molecule has 6 heteroatoms. The van der Waals surface area contributed by atoms with Crippen LogP contribution in [-0.2, 0) is 0 Å². The Balaban J connectivity index is 1.36. The Kier molecular flexibility index (Phi) is 10.5. The molecular weight excluding hydrogens is 516 g/mol. The minimum atomic E-state index is -1.01. The van der Waals surface area contributed by atoms with Crippen LogP contribution >= 0.6 is 0 Å². The monoisotopic (exact) mass is 552 g/mol. The van der Waals surface area contributed by atoms with Crippen LogP contribution in [0.3, 0.4) is 0 Å². The van der Waals surface area contributed by atoms with E-state index in [1.807, 2.05) is 6.08 Å². The normalized spacial score (nSPS) is 17.2. The van der Waals surface area contributed by atoms with Crippen molar-refractivity contribution >= 4 is 6.08 Å². The van der Waals surface area contributed by atoms with E-state index in [2.05, 4.69) is 13.5 Å². The molecule has 0 saturated heterocycles. The first kappa shape index (κ1) is 29.4. The van der Waals surface area contributed by atoms with Crippen molar-refractivity contribution in [3.63, 3.8) is 0 Å². The molecule has 4 rings (SSSR count). The maximum Gasteiger partial charge on any atom is 0.201 e. The van der Waals surface area contributed by atoms with E-state index in [9.17, 15) is 8.78 Å². The number of unbranched alkanes of at least 4 members (excludes halogenated alkanes) is 1. The van der Waals surface area contributed by atoms with Gasteiger partial charge in [-0.15, -0.1) is 6.58 Å². The predicted molar refractivity (Wildman–Crippen MR) is 153 cm³/mol. The van der Waals surface area contributed by atoms with Crippen LogP contribution in [0.25, 0.3) is 17.2 Å². The molecule has 0 heterocycles. The average molecular weight is 553 g/mol. The molecule has 0 radical (unpaired) electrons. The summed E-state index contributed by atoms with van der Waals surface area (Å²) in [4.78, 5) is 0. The fourth-order valence-corrected chi connectivity index (χ4v) is 5.07. The van der Waals surface area contributed by atoms with Crippen molar-refractivity contribution in [3.05, 3.63) is 102 Å². The molecule has 0 unspecified atom stereocenters. The highest BCUT2D eigenvalue weighted by Gasteiger charge is 2.26. The molecule has 0 bridgehead atoms. The van der Waals surface area contributed by atoms with E-state index in [1.165, 1.54) is 12.1 Å². The van der Waals surface area contributed by atoms with Crippen LogP contribution in [-0.4, -0.2) is 13.2 Å². The van der Waals surface area contributed by atoms with E-state index in [0.29, 0.717) is 42.7 Å². The van der Waals surface area contributed by atoms with Crippen LogP contribution in [0.15, 0.2) is 67.3 Å². The fraction of sp³-hybridized carbons (Fsp3) is 0.353. The van der Waals surface area contributed by atoms with Crippen molar-refractivity contribution in [1.29, 1.82) is 0 Å². The Labute approximate surface area is 234 Å². The Morgan fingerprint density at radius 2 is 1.55 bits per heavy atom. The second kappa shape index (κ2) is 14.2. The molecule has 212 valence electrons. The number of hydrogen-bond donors (Lipinski definition) is 0. The lowest BCUT2D eigenvalue weighted by Gasteiger charge is -2.27. The number of hydrogen-bond acceptors (Lipinski definition) is 2. The molecule has 40 heavy (non-hydrogen) atoms. The molecule has 3 aromatic rings. The summed E-state index contributed by atoms with van der Waals surface area (Å²) in [6, 6.07) is 13.3. The van der Waals surface area contributed by atoms with E-state index in [0.717, 1.165) is 25.7 Å². The summed E-state index contributed by atoms with van der Waals surface area (Å²) < 4.78 is 70.1. The second-order valence-electron chi connectivity index (χ2n) is 10.2. The Bertz CT molecular complexity index is 1310. The molecule has 1 aliphatic carbocycles. The predicted octanol–water partition coefficient (Wildman–Crippen LogP) is 10.0. The van der Waals surface area contributed by atoms with E-state index in [4.69, 9.17) is 9.47 Å². The highest BCUT2D eigenvalue weighted by Crippen LogP contribution is 2.40. The zero-order chi connectivity index (χ0) is 28.5. The first-order valence-corrected chi connectivity index (χ1v) is 14.0. The first-order chi connectivity index (χ1) is 19.4. The van der Waals surface area contributed by atoms with E-state index in [1.54, 1.807) is 48.6 Å². The van der Waals surface area contributed by atoms with Gasteiger partial charge in [-0.25, -0.2) is 13.2 Å². The van der Waals surface area contributed by atoms with E-state index in [-0.39, 0.29) is 35.3 Å². The third-order valence-corrected chi connectivity index (χ3v) is 7.46. The van der Waals surface area contributed by atoms with Gasteiger partial charge in [0.2, 0.25) is 5.82 Å². The van der Waals surface area contributed by atoms with Gasteiger partial charge in [0.05, 0.1) is 13.2 Å². The summed E-state index contributed by atoms with van der Waals surface area (Å²) in [5, 5.41) is 0. The van der Waals surface area contributed by atoms with Crippen LogP contribution in [0.1, 0.15) is 68.9 Å². The number of halogens is 4.